The van der Waals surface area contributed by atoms with Gasteiger partial charge in [0.15, 0.2) is 5.11 Å². The second kappa shape index (κ2) is 6.08. The Hall–Kier alpha value is -1.24. The molecule has 0 atom stereocenters. The highest BCUT2D eigenvalue weighted by atomic mass is 79.9. The number of amides is 1. The maximum atomic E-state index is 11.8. The summed E-state index contributed by atoms with van der Waals surface area (Å²) in [6, 6.07) is 11.1. The van der Waals surface area contributed by atoms with Crippen LogP contribution in [0.2, 0.25) is 0 Å². The molecule has 3 nitrogen and oxygen atoms in total. The summed E-state index contributed by atoms with van der Waals surface area (Å²) in [7, 11) is 0. The predicted molar refractivity (Wildman–Crippen MR) is 82.1 cm³/mol. The highest BCUT2D eigenvalue weighted by molar-refractivity contribution is 9.10. The highest BCUT2D eigenvalue weighted by Gasteiger charge is 2.09. The lowest BCUT2D eigenvalue weighted by Crippen LogP contribution is -2.33. The summed E-state index contributed by atoms with van der Waals surface area (Å²) in [6.45, 7) is 0. The molecule has 0 unspecified atom stereocenters. The standard InChI is InChI=1S/C12H9BrN2OS2/c13-8-4-1-2-5-9(8)14-12(17)15-11(16)10-6-3-7-18-10/h1-7H,(H2,14,15,16,17). The summed E-state index contributed by atoms with van der Waals surface area (Å²) in [5.74, 6) is -0.199. The van der Waals surface area contributed by atoms with Crippen LogP contribution in [0, 0.1) is 0 Å². The molecular formula is C12H9BrN2OS2. The molecule has 1 aromatic heterocycles. The van der Waals surface area contributed by atoms with E-state index < -0.39 is 0 Å². The maximum absolute atomic E-state index is 11.8. The summed E-state index contributed by atoms with van der Waals surface area (Å²) < 4.78 is 0.887. The van der Waals surface area contributed by atoms with E-state index in [1.165, 1.54) is 11.3 Å². The Balaban J connectivity index is 1.98. The molecule has 0 aliphatic carbocycles. The van der Waals surface area contributed by atoms with Crippen LogP contribution in [0.25, 0.3) is 0 Å². The molecule has 0 spiro atoms. The van der Waals surface area contributed by atoms with E-state index in [1.54, 1.807) is 6.07 Å². The summed E-state index contributed by atoms with van der Waals surface area (Å²) in [5, 5.41) is 7.71. The molecule has 2 rings (SSSR count). The van der Waals surface area contributed by atoms with Crippen molar-refractivity contribution in [2.75, 3.05) is 5.32 Å². The Morgan fingerprint density at radius 3 is 2.67 bits per heavy atom. The van der Waals surface area contributed by atoms with Gasteiger partial charge in [-0.3, -0.25) is 10.1 Å². The molecule has 0 saturated carbocycles. The monoisotopic (exact) mass is 340 g/mol. The van der Waals surface area contributed by atoms with Crippen LogP contribution in [0.15, 0.2) is 46.3 Å². The Labute approximate surface area is 122 Å². The predicted octanol–water partition coefficient (Wildman–Crippen LogP) is 3.64. The van der Waals surface area contributed by atoms with Crippen LogP contribution in [-0.2, 0) is 0 Å². The van der Waals surface area contributed by atoms with E-state index in [0.29, 0.717) is 4.88 Å². The second-order valence-electron chi connectivity index (χ2n) is 3.37. The molecule has 1 amide bonds. The van der Waals surface area contributed by atoms with Crippen molar-refractivity contribution in [2.24, 2.45) is 0 Å². The van der Waals surface area contributed by atoms with E-state index in [-0.39, 0.29) is 11.0 Å². The number of thiocarbonyl (C=S) groups is 1. The molecule has 92 valence electrons. The topological polar surface area (TPSA) is 41.1 Å². The van der Waals surface area contributed by atoms with Crippen LogP contribution >= 0.6 is 39.5 Å². The molecule has 2 N–H and O–H groups in total. The quantitative estimate of drug-likeness (QED) is 0.820. The minimum Gasteiger partial charge on any atom is -0.331 e. The van der Waals surface area contributed by atoms with Gasteiger partial charge < -0.3 is 5.32 Å². The van der Waals surface area contributed by atoms with Crippen LogP contribution in [0.4, 0.5) is 5.69 Å². The summed E-state index contributed by atoms with van der Waals surface area (Å²) >= 11 is 9.86. The first-order chi connectivity index (χ1) is 8.66. The maximum Gasteiger partial charge on any atom is 0.267 e. The molecule has 6 heteroatoms. The number of nitrogens with one attached hydrogen (secondary N) is 2. The van der Waals surface area contributed by atoms with Gasteiger partial charge in [0.1, 0.15) is 0 Å². The summed E-state index contributed by atoms with van der Waals surface area (Å²) in [4.78, 5) is 12.4. The van der Waals surface area contributed by atoms with Crippen LogP contribution in [0.3, 0.4) is 0 Å². The molecule has 0 bridgehead atoms. The van der Waals surface area contributed by atoms with Crippen molar-refractivity contribution in [1.82, 2.24) is 5.32 Å². The minimum absolute atomic E-state index is 0.199. The van der Waals surface area contributed by atoms with Crippen molar-refractivity contribution >= 4 is 56.2 Å². The zero-order valence-electron chi connectivity index (χ0n) is 9.14. The number of carbonyl (C=O) groups excluding carboxylic acids is 1. The first kappa shape index (κ1) is 13.2. The molecule has 0 aliphatic heterocycles. The van der Waals surface area contributed by atoms with Crippen LogP contribution in [0.5, 0.6) is 0 Å². The number of rotatable bonds is 2. The van der Waals surface area contributed by atoms with Gasteiger partial charge >= 0.3 is 0 Å². The largest absolute Gasteiger partial charge is 0.331 e. The number of benzene rings is 1. The van der Waals surface area contributed by atoms with Crippen molar-refractivity contribution in [3.05, 3.63) is 51.1 Å². The van der Waals surface area contributed by atoms with E-state index in [4.69, 9.17) is 12.2 Å². The van der Waals surface area contributed by atoms with Crippen LogP contribution in [0.1, 0.15) is 9.67 Å². The number of halogens is 1. The number of carbonyl (C=O) groups is 1. The van der Waals surface area contributed by atoms with Gasteiger partial charge in [0, 0.05) is 4.47 Å². The average molecular weight is 341 g/mol. The number of anilines is 1. The van der Waals surface area contributed by atoms with Crippen molar-refractivity contribution in [3.8, 4) is 0 Å². The Bertz CT molecular complexity index is 569. The van der Waals surface area contributed by atoms with Crippen molar-refractivity contribution in [2.45, 2.75) is 0 Å². The van der Waals surface area contributed by atoms with E-state index >= 15 is 0 Å². The third kappa shape index (κ3) is 3.38. The number of hydrogen-bond donors (Lipinski definition) is 2. The fourth-order valence-electron chi connectivity index (χ4n) is 1.29. The Morgan fingerprint density at radius 2 is 2.00 bits per heavy atom. The van der Waals surface area contributed by atoms with Gasteiger partial charge in [-0.1, -0.05) is 18.2 Å². The SMILES string of the molecule is O=C(NC(=S)Nc1ccccc1Br)c1cccs1. The van der Waals surface area contributed by atoms with E-state index in [2.05, 4.69) is 26.6 Å². The Kier molecular flexibility index (Phi) is 4.46. The van der Waals surface area contributed by atoms with Crippen LogP contribution < -0.4 is 10.6 Å². The van der Waals surface area contributed by atoms with Crippen LogP contribution in [-0.4, -0.2) is 11.0 Å². The zero-order valence-corrected chi connectivity index (χ0v) is 12.4. The lowest BCUT2D eigenvalue weighted by Gasteiger charge is -2.10. The summed E-state index contributed by atoms with van der Waals surface area (Å²) in [5.41, 5.74) is 0.814. The molecular weight excluding hydrogens is 332 g/mol. The van der Waals surface area contributed by atoms with Crippen molar-refractivity contribution < 1.29 is 4.79 Å². The lowest BCUT2D eigenvalue weighted by molar-refractivity contribution is 0.0981. The Morgan fingerprint density at radius 1 is 1.22 bits per heavy atom. The van der Waals surface area contributed by atoms with Gasteiger partial charge in [-0.15, -0.1) is 11.3 Å². The molecule has 0 fully saturated rings. The molecule has 1 heterocycles. The van der Waals surface area contributed by atoms with Gasteiger partial charge in [0.05, 0.1) is 10.6 Å². The molecule has 0 saturated heterocycles. The zero-order chi connectivity index (χ0) is 13.0. The van der Waals surface area contributed by atoms with Crippen molar-refractivity contribution in [1.29, 1.82) is 0 Å². The second-order valence-corrected chi connectivity index (χ2v) is 5.58. The minimum atomic E-state index is -0.199. The van der Waals surface area contributed by atoms with E-state index in [0.717, 1.165) is 10.2 Å². The average Bonchev–Trinajstić information content (AvgIpc) is 2.85. The number of thiophene rings is 1. The molecule has 0 radical (unpaired) electrons. The van der Waals surface area contributed by atoms with Gasteiger partial charge in [-0.05, 0) is 51.7 Å². The fraction of sp³-hybridized carbons (Fsp3) is 0. The summed E-state index contributed by atoms with van der Waals surface area (Å²) in [6.07, 6.45) is 0. The lowest BCUT2D eigenvalue weighted by atomic mass is 10.3. The molecule has 18 heavy (non-hydrogen) atoms. The number of para-hydroxylation sites is 1. The fourth-order valence-corrected chi connectivity index (χ4v) is 2.49. The normalized spacial score (nSPS) is 9.83. The third-order valence-electron chi connectivity index (χ3n) is 2.09. The highest BCUT2D eigenvalue weighted by Crippen LogP contribution is 2.21. The molecule has 2 aromatic rings. The number of hydrogen-bond acceptors (Lipinski definition) is 3. The molecule has 0 aliphatic rings. The third-order valence-corrected chi connectivity index (χ3v) is 3.86. The first-order valence-corrected chi connectivity index (χ1v) is 7.15. The molecule has 1 aromatic carbocycles. The van der Waals surface area contributed by atoms with Crippen molar-refractivity contribution in [3.63, 3.8) is 0 Å². The van der Waals surface area contributed by atoms with Gasteiger partial charge in [-0.2, -0.15) is 0 Å². The van der Waals surface area contributed by atoms with Gasteiger partial charge in [0.2, 0.25) is 0 Å². The van der Waals surface area contributed by atoms with Gasteiger partial charge in [-0.25, -0.2) is 0 Å². The first-order valence-electron chi connectivity index (χ1n) is 5.07. The van der Waals surface area contributed by atoms with E-state index in [9.17, 15) is 4.79 Å². The van der Waals surface area contributed by atoms with E-state index in [1.807, 2.05) is 35.7 Å². The smallest absolute Gasteiger partial charge is 0.267 e. The van der Waals surface area contributed by atoms with Gasteiger partial charge in [0.25, 0.3) is 5.91 Å².